The molecule has 31 heavy (non-hydrogen) atoms. The third kappa shape index (κ3) is 8.49. The number of hydrogen-bond acceptors (Lipinski definition) is 7. The Kier molecular flexibility index (Phi) is 10.7. The summed E-state index contributed by atoms with van der Waals surface area (Å²) in [6, 6.07) is 6.12. The van der Waals surface area contributed by atoms with Crippen LogP contribution in [0.2, 0.25) is 0 Å². The molecule has 2 amide bonds. The minimum absolute atomic E-state index is 0.00601. The molecule has 0 radical (unpaired) electrons. The maximum Gasteiger partial charge on any atom is 0.307 e. The van der Waals surface area contributed by atoms with Gasteiger partial charge in [-0.3, -0.25) is 14.4 Å². The molecule has 0 spiro atoms. The van der Waals surface area contributed by atoms with Crippen LogP contribution in [0.3, 0.4) is 0 Å². The number of benzene rings is 1. The zero-order valence-corrected chi connectivity index (χ0v) is 17.7. The van der Waals surface area contributed by atoms with Crippen molar-refractivity contribution in [2.75, 3.05) is 33.0 Å². The van der Waals surface area contributed by atoms with Gasteiger partial charge in [0.25, 0.3) is 11.8 Å². The van der Waals surface area contributed by atoms with Crippen molar-refractivity contribution >= 4 is 17.8 Å². The van der Waals surface area contributed by atoms with Crippen LogP contribution in [0.1, 0.15) is 35.7 Å². The number of hydrogen-bond donors (Lipinski definition) is 3. The van der Waals surface area contributed by atoms with E-state index in [9.17, 15) is 19.5 Å². The highest BCUT2D eigenvalue weighted by atomic mass is 16.5. The molecule has 1 heterocycles. The van der Waals surface area contributed by atoms with Gasteiger partial charge in [0.15, 0.2) is 6.10 Å². The molecule has 1 aromatic rings. The maximum atomic E-state index is 12.9. The van der Waals surface area contributed by atoms with E-state index in [1.807, 2.05) is 0 Å². The fourth-order valence-electron chi connectivity index (χ4n) is 2.95. The lowest BCUT2D eigenvalue weighted by Gasteiger charge is -2.23. The van der Waals surface area contributed by atoms with Gasteiger partial charge in [0.1, 0.15) is 0 Å². The van der Waals surface area contributed by atoms with E-state index in [2.05, 4.69) is 10.6 Å². The van der Waals surface area contributed by atoms with E-state index in [0.717, 1.165) is 0 Å². The first-order valence-corrected chi connectivity index (χ1v) is 10.3. The van der Waals surface area contributed by atoms with Crippen LogP contribution in [0.4, 0.5) is 0 Å². The predicted octanol–water partition coefficient (Wildman–Crippen LogP) is 0.708. The maximum absolute atomic E-state index is 12.9. The lowest BCUT2D eigenvalue weighted by molar-refractivity contribution is -0.143. The molecule has 1 unspecified atom stereocenters. The molecule has 1 aromatic carbocycles. The number of amides is 2. The molecule has 0 aliphatic carbocycles. The number of esters is 1. The third-order valence-electron chi connectivity index (χ3n) is 4.56. The van der Waals surface area contributed by atoms with Crippen LogP contribution in [0.15, 0.2) is 36.4 Å². The predicted molar refractivity (Wildman–Crippen MR) is 112 cm³/mol. The van der Waals surface area contributed by atoms with Crippen molar-refractivity contribution in [3.8, 4) is 0 Å². The third-order valence-corrected chi connectivity index (χ3v) is 4.56. The van der Waals surface area contributed by atoms with Gasteiger partial charge in [-0.25, -0.2) is 0 Å². The van der Waals surface area contributed by atoms with Crippen LogP contribution in [0.5, 0.6) is 0 Å². The second-order valence-electron chi connectivity index (χ2n) is 6.86. The van der Waals surface area contributed by atoms with Gasteiger partial charge in [0.2, 0.25) is 0 Å². The van der Waals surface area contributed by atoms with Crippen LogP contribution in [-0.2, 0) is 30.4 Å². The second-order valence-corrected chi connectivity index (χ2v) is 6.86. The van der Waals surface area contributed by atoms with E-state index in [1.54, 1.807) is 43.3 Å². The average molecular weight is 434 g/mol. The van der Waals surface area contributed by atoms with Crippen molar-refractivity contribution in [3.05, 3.63) is 47.5 Å². The number of nitrogens with one attached hydrogen (secondary N) is 2. The zero-order valence-electron chi connectivity index (χ0n) is 17.7. The average Bonchev–Trinajstić information content (AvgIpc) is 2.76. The van der Waals surface area contributed by atoms with Gasteiger partial charge in [0.05, 0.1) is 45.5 Å². The summed E-state index contributed by atoms with van der Waals surface area (Å²) in [6.45, 7) is 3.38. The summed E-state index contributed by atoms with van der Waals surface area (Å²) in [5, 5.41) is 15.8. The Balaban J connectivity index is 2.08. The Morgan fingerprint density at radius 1 is 1.26 bits per heavy atom. The largest absolute Gasteiger partial charge is 0.466 e. The lowest BCUT2D eigenvalue weighted by atomic mass is 10.0. The van der Waals surface area contributed by atoms with Crippen molar-refractivity contribution in [1.29, 1.82) is 0 Å². The molecular weight excluding hydrogens is 404 g/mol. The number of rotatable bonds is 6. The summed E-state index contributed by atoms with van der Waals surface area (Å²) in [5.41, 5.74) is 1.10. The molecule has 1 aliphatic rings. The highest BCUT2D eigenvalue weighted by molar-refractivity contribution is 5.96. The smallest absolute Gasteiger partial charge is 0.307 e. The number of carbonyl (C=O) groups excluding carboxylic acids is 3. The number of ether oxygens (including phenoxy) is 3. The van der Waals surface area contributed by atoms with Crippen LogP contribution >= 0.6 is 0 Å². The van der Waals surface area contributed by atoms with Crippen LogP contribution in [-0.4, -0.2) is 68.0 Å². The highest BCUT2D eigenvalue weighted by Gasteiger charge is 2.27. The second kappa shape index (κ2) is 13.5. The molecule has 1 aliphatic heterocycles. The van der Waals surface area contributed by atoms with Gasteiger partial charge in [-0.05, 0) is 25.0 Å². The number of aliphatic hydroxyl groups excluding tert-OH is 1. The number of fused-ring (bicyclic) bond motifs is 1. The monoisotopic (exact) mass is 434 g/mol. The fraction of sp³-hybridized carbons (Fsp3) is 0.500. The molecule has 0 saturated carbocycles. The molecule has 9 heteroatoms. The topological polar surface area (TPSA) is 123 Å². The summed E-state index contributed by atoms with van der Waals surface area (Å²) in [4.78, 5) is 36.6. The van der Waals surface area contributed by atoms with Crippen molar-refractivity contribution < 1.29 is 33.7 Å². The Morgan fingerprint density at radius 3 is 2.84 bits per heavy atom. The standard InChI is InChI=1S/C22H30N2O7/c1-2-31-19(25)10-11-23-22(28)20(26)18-9-5-6-12-29-13-14-30-15-16-7-3-4-8-17(16)21(27)24-18/h3-8,18,20,26H,2,9-15H2,1H3,(H,23,28)(H,24,27)/b6-5+/t18-,20?/m0/s1. The van der Waals surface area contributed by atoms with E-state index < -0.39 is 29.9 Å². The van der Waals surface area contributed by atoms with Gasteiger partial charge >= 0.3 is 5.97 Å². The lowest BCUT2D eigenvalue weighted by Crippen LogP contribution is -2.50. The van der Waals surface area contributed by atoms with E-state index in [1.165, 1.54) is 0 Å². The van der Waals surface area contributed by atoms with Gasteiger partial charge in [-0.1, -0.05) is 30.4 Å². The molecular formula is C22H30N2O7. The Morgan fingerprint density at radius 2 is 2.03 bits per heavy atom. The summed E-state index contributed by atoms with van der Waals surface area (Å²) in [5.74, 6) is -1.54. The molecule has 2 rings (SSSR count). The minimum Gasteiger partial charge on any atom is -0.466 e. The summed E-state index contributed by atoms with van der Waals surface area (Å²) < 4.78 is 15.8. The van der Waals surface area contributed by atoms with Gasteiger partial charge in [-0.2, -0.15) is 0 Å². The Labute approximate surface area is 181 Å². The van der Waals surface area contributed by atoms with E-state index in [-0.39, 0.29) is 32.6 Å². The zero-order chi connectivity index (χ0) is 22.5. The van der Waals surface area contributed by atoms with Gasteiger partial charge in [-0.15, -0.1) is 0 Å². The molecule has 2 atom stereocenters. The first-order chi connectivity index (χ1) is 15.0. The normalized spacial score (nSPS) is 19.8. The minimum atomic E-state index is -1.51. The van der Waals surface area contributed by atoms with E-state index in [0.29, 0.717) is 30.9 Å². The number of aliphatic hydroxyl groups is 1. The van der Waals surface area contributed by atoms with E-state index >= 15 is 0 Å². The summed E-state index contributed by atoms with van der Waals surface area (Å²) >= 11 is 0. The molecule has 170 valence electrons. The Bertz CT molecular complexity index is 766. The van der Waals surface area contributed by atoms with Crippen LogP contribution in [0, 0.1) is 0 Å². The first-order valence-electron chi connectivity index (χ1n) is 10.3. The van der Waals surface area contributed by atoms with Crippen LogP contribution in [0.25, 0.3) is 0 Å². The molecule has 0 fully saturated rings. The molecule has 0 saturated heterocycles. The molecule has 3 N–H and O–H groups in total. The SMILES string of the molecule is CCOC(=O)CCNC(=O)C(O)[C@@H]1C/C=C/COCCOCc2ccccc2C(=O)N1. The van der Waals surface area contributed by atoms with Gasteiger partial charge < -0.3 is 30.0 Å². The van der Waals surface area contributed by atoms with Crippen LogP contribution < -0.4 is 10.6 Å². The highest BCUT2D eigenvalue weighted by Crippen LogP contribution is 2.12. The Hall–Kier alpha value is -2.75. The van der Waals surface area contributed by atoms with Crippen molar-refractivity contribution in [2.45, 2.75) is 38.5 Å². The fourth-order valence-corrected chi connectivity index (χ4v) is 2.95. The quantitative estimate of drug-likeness (QED) is 0.445. The van der Waals surface area contributed by atoms with E-state index in [4.69, 9.17) is 14.2 Å². The summed E-state index contributed by atoms with van der Waals surface area (Å²) in [6.07, 6.45) is 2.20. The number of carbonyl (C=O) groups is 3. The molecule has 9 nitrogen and oxygen atoms in total. The van der Waals surface area contributed by atoms with Crippen molar-refractivity contribution in [3.63, 3.8) is 0 Å². The molecule has 0 bridgehead atoms. The van der Waals surface area contributed by atoms with Gasteiger partial charge in [0, 0.05) is 12.1 Å². The van der Waals surface area contributed by atoms with Crippen molar-refractivity contribution in [1.82, 2.24) is 10.6 Å². The molecule has 0 aromatic heterocycles. The van der Waals surface area contributed by atoms with Crippen molar-refractivity contribution in [2.24, 2.45) is 0 Å². The first kappa shape index (κ1) is 24.5. The summed E-state index contributed by atoms with van der Waals surface area (Å²) in [7, 11) is 0.